The van der Waals surface area contributed by atoms with Crippen molar-refractivity contribution in [2.75, 3.05) is 13.1 Å². The van der Waals surface area contributed by atoms with Crippen LogP contribution in [-0.2, 0) is 4.79 Å². The minimum atomic E-state index is 0. The first-order chi connectivity index (χ1) is 8.25. The normalized spacial score (nSPS) is 24.3. The number of carbonyl (C=O) groups is 1. The molecule has 3 nitrogen and oxygen atoms in total. The van der Waals surface area contributed by atoms with Crippen molar-refractivity contribution in [1.82, 2.24) is 10.2 Å². The highest BCUT2D eigenvalue weighted by atomic mass is 35.5. The molecular formula is C14H25ClN2O. The zero-order valence-corrected chi connectivity index (χ0v) is 12.0. The standard InChI is InChI=1S/C14H24N2O.ClH/c1-10(12-4-5-12)16(13-6-7-13)14(17)9-15-8-11-2-3-11;/h10-13,15H,2-9H2,1H3;1H. The summed E-state index contributed by atoms with van der Waals surface area (Å²) in [5.41, 5.74) is 0. The van der Waals surface area contributed by atoms with Crippen LogP contribution in [0.15, 0.2) is 0 Å². The lowest BCUT2D eigenvalue weighted by Gasteiger charge is -2.29. The summed E-state index contributed by atoms with van der Waals surface area (Å²) in [7, 11) is 0. The van der Waals surface area contributed by atoms with Crippen LogP contribution in [0.25, 0.3) is 0 Å². The highest BCUT2D eigenvalue weighted by Gasteiger charge is 2.41. The Morgan fingerprint density at radius 1 is 1.22 bits per heavy atom. The van der Waals surface area contributed by atoms with Crippen LogP contribution in [0.5, 0.6) is 0 Å². The zero-order valence-electron chi connectivity index (χ0n) is 11.2. The maximum Gasteiger partial charge on any atom is 0.237 e. The van der Waals surface area contributed by atoms with Gasteiger partial charge in [-0.1, -0.05) is 0 Å². The Morgan fingerprint density at radius 2 is 1.89 bits per heavy atom. The highest BCUT2D eigenvalue weighted by molar-refractivity contribution is 5.85. The fourth-order valence-corrected chi connectivity index (χ4v) is 2.72. The molecule has 1 amide bonds. The van der Waals surface area contributed by atoms with Gasteiger partial charge in [-0.2, -0.15) is 0 Å². The van der Waals surface area contributed by atoms with E-state index >= 15 is 0 Å². The summed E-state index contributed by atoms with van der Waals surface area (Å²) in [6, 6.07) is 1.05. The van der Waals surface area contributed by atoms with Crippen molar-refractivity contribution in [2.45, 2.75) is 57.5 Å². The Kier molecular flexibility index (Phi) is 4.54. The van der Waals surface area contributed by atoms with Gasteiger partial charge in [0.15, 0.2) is 0 Å². The fraction of sp³-hybridized carbons (Fsp3) is 0.929. The second-order valence-corrected chi connectivity index (χ2v) is 6.18. The molecule has 3 rings (SSSR count). The van der Waals surface area contributed by atoms with E-state index in [1.54, 1.807) is 0 Å². The van der Waals surface area contributed by atoms with E-state index in [9.17, 15) is 4.79 Å². The van der Waals surface area contributed by atoms with Gasteiger partial charge in [-0.15, -0.1) is 12.4 Å². The molecule has 0 heterocycles. The lowest BCUT2D eigenvalue weighted by atomic mass is 10.1. The number of hydrogen-bond donors (Lipinski definition) is 1. The van der Waals surface area contributed by atoms with E-state index < -0.39 is 0 Å². The molecule has 4 heteroatoms. The van der Waals surface area contributed by atoms with E-state index in [-0.39, 0.29) is 12.4 Å². The van der Waals surface area contributed by atoms with Gasteiger partial charge in [-0.05, 0) is 63.8 Å². The zero-order chi connectivity index (χ0) is 11.8. The first kappa shape index (κ1) is 14.1. The number of nitrogens with zero attached hydrogens (tertiary/aromatic N) is 1. The third-order valence-corrected chi connectivity index (χ3v) is 4.38. The Morgan fingerprint density at radius 3 is 2.39 bits per heavy atom. The van der Waals surface area contributed by atoms with Crippen molar-refractivity contribution in [3.63, 3.8) is 0 Å². The predicted molar refractivity (Wildman–Crippen MR) is 74.9 cm³/mol. The average Bonchev–Trinajstić information content (AvgIpc) is 3.13. The van der Waals surface area contributed by atoms with Gasteiger partial charge < -0.3 is 10.2 Å². The molecule has 3 fully saturated rings. The number of hydrogen-bond acceptors (Lipinski definition) is 2. The molecule has 0 bridgehead atoms. The molecule has 1 N–H and O–H groups in total. The smallest absolute Gasteiger partial charge is 0.237 e. The lowest BCUT2D eigenvalue weighted by molar-refractivity contribution is -0.133. The average molecular weight is 273 g/mol. The van der Waals surface area contributed by atoms with Crippen LogP contribution in [0.3, 0.4) is 0 Å². The van der Waals surface area contributed by atoms with Crippen molar-refractivity contribution in [2.24, 2.45) is 11.8 Å². The minimum absolute atomic E-state index is 0. The van der Waals surface area contributed by atoms with Crippen LogP contribution in [-0.4, -0.2) is 36.0 Å². The Balaban J connectivity index is 0.00000120. The van der Waals surface area contributed by atoms with E-state index in [0.717, 1.165) is 18.4 Å². The molecule has 1 atom stereocenters. The van der Waals surface area contributed by atoms with Gasteiger partial charge in [0.1, 0.15) is 0 Å². The molecule has 0 aromatic carbocycles. The topological polar surface area (TPSA) is 32.3 Å². The molecule has 0 spiro atoms. The second-order valence-electron chi connectivity index (χ2n) is 6.18. The molecule has 0 saturated heterocycles. The summed E-state index contributed by atoms with van der Waals surface area (Å²) in [5.74, 6) is 1.99. The van der Waals surface area contributed by atoms with Crippen LogP contribution in [0, 0.1) is 11.8 Å². The summed E-state index contributed by atoms with van der Waals surface area (Å²) in [5, 5.41) is 3.33. The fourth-order valence-electron chi connectivity index (χ4n) is 2.72. The molecule has 0 aromatic heterocycles. The summed E-state index contributed by atoms with van der Waals surface area (Å²) in [4.78, 5) is 14.5. The number of amides is 1. The Hall–Kier alpha value is -0.280. The second kappa shape index (κ2) is 5.79. The summed E-state index contributed by atoms with van der Waals surface area (Å²) >= 11 is 0. The SMILES string of the molecule is CC(C1CC1)N(C(=O)CNCC1CC1)C1CC1.Cl. The van der Waals surface area contributed by atoms with E-state index in [4.69, 9.17) is 0 Å². The maximum absolute atomic E-state index is 12.3. The molecule has 18 heavy (non-hydrogen) atoms. The number of carbonyl (C=O) groups excluding carboxylic acids is 1. The largest absolute Gasteiger partial charge is 0.336 e. The van der Waals surface area contributed by atoms with Gasteiger partial charge in [0.05, 0.1) is 6.54 Å². The van der Waals surface area contributed by atoms with Crippen molar-refractivity contribution in [3.05, 3.63) is 0 Å². The lowest BCUT2D eigenvalue weighted by Crippen LogP contribution is -2.46. The van der Waals surface area contributed by atoms with Crippen LogP contribution >= 0.6 is 12.4 Å². The van der Waals surface area contributed by atoms with Crippen molar-refractivity contribution in [3.8, 4) is 0 Å². The molecule has 3 saturated carbocycles. The van der Waals surface area contributed by atoms with Gasteiger partial charge in [-0.3, -0.25) is 4.79 Å². The number of nitrogens with one attached hydrogen (secondary N) is 1. The van der Waals surface area contributed by atoms with Crippen LogP contribution in [0.1, 0.15) is 45.4 Å². The van der Waals surface area contributed by atoms with Crippen LogP contribution in [0.2, 0.25) is 0 Å². The summed E-state index contributed by atoms with van der Waals surface area (Å²) in [6.07, 6.45) is 7.81. The first-order valence-electron chi connectivity index (χ1n) is 7.27. The quantitative estimate of drug-likeness (QED) is 0.771. The van der Waals surface area contributed by atoms with Crippen molar-refractivity contribution >= 4 is 18.3 Å². The number of rotatable bonds is 7. The summed E-state index contributed by atoms with van der Waals surface area (Å²) in [6.45, 7) is 3.85. The van der Waals surface area contributed by atoms with Crippen molar-refractivity contribution in [1.29, 1.82) is 0 Å². The van der Waals surface area contributed by atoms with E-state index in [2.05, 4.69) is 17.1 Å². The van der Waals surface area contributed by atoms with E-state index in [1.807, 2.05) is 0 Å². The molecule has 0 aliphatic heterocycles. The first-order valence-corrected chi connectivity index (χ1v) is 7.27. The minimum Gasteiger partial charge on any atom is -0.336 e. The maximum atomic E-state index is 12.3. The third kappa shape index (κ3) is 3.61. The summed E-state index contributed by atoms with van der Waals surface area (Å²) < 4.78 is 0. The van der Waals surface area contributed by atoms with Crippen molar-refractivity contribution < 1.29 is 4.79 Å². The van der Waals surface area contributed by atoms with Crippen LogP contribution < -0.4 is 5.32 Å². The Bertz CT molecular complexity index is 298. The molecule has 0 aromatic rings. The van der Waals surface area contributed by atoms with Gasteiger partial charge in [0.25, 0.3) is 0 Å². The molecule has 3 aliphatic rings. The molecule has 0 radical (unpaired) electrons. The van der Waals surface area contributed by atoms with Crippen LogP contribution in [0.4, 0.5) is 0 Å². The van der Waals surface area contributed by atoms with E-state index in [1.165, 1.54) is 38.5 Å². The molecule has 1 unspecified atom stereocenters. The monoisotopic (exact) mass is 272 g/mol. The van der Waals surface area contributed by atoms with Gasteiger partial charge >= 0.3 is 0 Å². The molecule has 3 aliphatic carbocycles. The highest BCUT2D eigenvalue weighted by Crippen LogP contribution is 2.39. The molecule has 104 valence electrons. The van der Waals surface area contributed by atoms with Gasteiger partial charge in [-0.25, -0.2) is 0 Å². The molecular weight excluding hydrogens is 248 g/mol. The Labute approximate surface area is 116 Å². The van der Waals surface area contributed by atoms with Gasteiger partial charge in [0, 0.05) is 12.1 Å². The predicted octanol–water partition coefficient (Wildman–Crippen LogP) is 2.20. The van der Waals surface area contributed by atoms with E-state index in [0.29, 0.717) is 24.5 Å². The van der Waals surface area contributed by atoms with Gasteiger partial charge in [0.2, 0.25) is 5.91 Å². The third-order valence-electron chi connectivity index (χ3n) is 4.38. The number of halogens is 1.